The number of hydrogen-bond acceptors (Lipinski definition) is 3. The second-order valence-electron chi connectivity index (χ2n) is 3.58. The third-order valence-corrected chi connectivity index (χ3v) is 3.24. The molecule has 94 valence electrons. The third-order valence-electron chi connectivity index (χ3n) is 2.45. The zero-order chi connectivity index (χ0) is 13.3. The maximum absolute atomic E-state index is 11.0. The smallest absolute Gasteiger partial charge is 0.258 e. The molecule has 0 bridgehead atoms. The molecule has 0 saturated heterocycles. The van der Waals surface area contributed by atoms with E-state index in [1.54, 1.807) is 12.1 Å². The molecule has 1 aromatic carbocycles. The molecule has 0 N–H and O–H groups in total. The predicted octanol–water partition coefficient (Wildman–Crippen LogP) is 4.23. The van der Waals surface area contributed by atoms with Gasteiger partial charge in [-0.1, -0.05) is 23.2 Å². The van der Waals surface area contributed by atoms with E-state index in [0.29, 0.717) is 28.4 Å². The van der Waals surface area contributed by atoms with Crippen LogP contribution < -0.4 is 0 Å². The van der Waals surface area contributed by atoms with Gasteiger partial charge in [-0.2, -0.15) is 0 Å². The number of pyridine rings is 1. The van der Waals surface area contributed by atoms with Crippen LogP contribution in [0.2, 0.25) is 10.0 Å². The topological polar surface area (TPSA) is 56.0 Å². The van der Waals surface area contributed by atoms with Gasteiger partial charge in [-0.05, 0) is 18.2 Å². The van der Waals surface area contributed by atoms with Crippen molar-refractivity contribution in [1.82, 2.24) is 4.98 Å². The minimum Gasteiger partial charge on any atom is -0.258 e. The van der Waals surface area contributed by atoms with Crippen LogP contribution in [0.1, 0.15) is 5.69 Å². The van der Waals surface area contributed by atoms with Crippen LogP contribution in [0.3, 0.4) is 0 Å². The maximum Gasteiger partial charge on any atom is 0.313 e. The normalized spacial score (nSPS) is 10.8. The van der Waals surface area contributed by atoms with Gasteiger partial charge in [0.25, 0.3) is 0 Å². The number of hydrogen-bond donors (Lipinski definition) is 0. The van der Waals surface area contributed by atoms with Crippen LogP contribution in [0.5, 0.6) is 0 Å². The Bertz CT molecular complexity index is 631. The summed E-state index contributed by atoms with van der Waals surface area (Å²) in [6.45, 7) is 0. The van der Waals surface area contributed by atoms with Gasteiger partial charge in [-0.15, -0.1) is 11.6 Å². The fourth-order valence-corrected chi connectivity index (χ4v) is 2.43. The highest BCUT2D eigenvalue weighted by Gasteiger charge is 2.21. The molecule has 0 saturated carbocycles. The molecule has 7 heteroatoms. The number of nitro benzene ring substituents is 1. The first kappa shape index (κ1) is 13.3. The summed E-state index contributed by atoms with van der Waals surface area (Å²) in [6.07, 6.45) is 0.527. The fourth-order valence-electron chi connectivity index (χ4n) is 1.65. The second kappa shape index (κ2) is 5.26. The number of alkyl halides is 1. The van der Waals surface area contributed by atoms with Crippen molar-refractivity contribution in [3.8, 4) is 0 Å². The molecule has 0 fully saturated rings. The first-order valence-corrected chi connectivity index (χ1v) is 6.31. The predicted molar refractivity (Wildman–Crippen MR) is 72.8 cm³/mol. The van der Waals surface area contributed by atoms with Crippen LogP contribution in [0.4, 0.5) is 5.69 Å². The summed E-state index contributed by atoms with van der Waals surface area (Å²) < 4.78 is 0. The van der Waals surface area contributed by atoms with Crippen molar-refractivity contribution >= 4 is 51.4 Å². The average Bonchev–Trinajstić information content (AvgIpc) is 2.28. The van der Waals surface area contributed by atoms with Crippen molar-refractivity contribution < 1.29 is 4.92 Å². The summed E-state index contributed by atoms with van der Waals surface area (Å²) in [5.41, 5.74) is 0.631. The zero-order valence-electron chi connectivity index (χ0n) is 8.99. The van der Waals surface area contributed by atoms with Gasteiger partial charge in [0.2, 0.25) is 0 Å². The van der Waals surface area contributed by atoms with Crippen LogP contribution in [0.15, 0.2) is 18.2 Å². The summed E-state index contributed by atoms with van der Waals surface area (Å²) in [5.74, 6) is 0.389. The Hall–Kier alpha value is -1.10. The summed E-state index contributed by atoms with van der Waals surface area (Å²) in [7, 11) is 0. The van der Waals surface area contributed by atoms with Crippen LogP contribution in [0.25, 0.3) is 10.9 Å². The highest BCUT2D eigenvalue weighted by atomic mass is 35.5. The Morgan fingerprint density at radius 2 is 2.00 bits per heavy atom. The van der Waals surface area contributed by atoms with Crippen molar-refractivity contribution in [2.24, 2.45) is 0 Å². The number of halogens is 3. The summed E-state index contributed by atoms with van der Waals surface area (Å²) in [5, 5.41) is 11.9. The zero-order valence-corrected chi connectivity index (χ0v) is 11.3. The van der Waals surface area contributed by atoms with Crippen molar-refractivity contribution in [3.63, 3.8) is 0 Å². The Kier molecular flexibility index (Phi) is 3.90. The van der Waals surface area contributed by atoms with Gasteiger partial charge in [0.05, 0.1) is 9.95 Å². The lowest BCUT2D eigenvalue weighted by molar-refractivity contribution is -0.383. The molecule has 0 aliphatic rings. The number of benzene rings is 1. The fraction of sp³-hybridized carbons (Fsp3) is 0.182. The van der Waals surface area contributed by atoms with E-state index in [9.17, 15) is 10.1 Å². The summed E-state index contributed by atoms with van der Waals surface area (Å²) in [6, 6.07) is 4.79. The average molecular weight is 306 g/mol. The SMILES string of the molecule is O=[N+]([O-])c1c(Cl)cc(Cl)c2ccc(CCCl)nc12. The molecule has 0 radical (unpaired) electrons. The molecule has 18 heavy (non-hydrogen) atoms. The number of nitrogens with zero attached hydrogens (tertiary/aromatic N) is 2. The van der Waals surface area contributed by atoms with E-state index in [1.807, 2.05) is 0 Å². The van der Waals surface area contributed by atoms with Gasteiger partial charge >= 0.3 is 5.69 Å². The largest absolute Gasteiger partial charge is 0.313 e. The number of rotatable bonds is 3. The molecule has 0 unspecified atom stereocenters. The Morgan fingerprint density at radius 1 is 1.28 bits per heavy atom. The Balaban J connectivity index is 2.80. The van der Waals surface area contributed by atoms with Gasteiger partial charge in [0.1, 0.15) is 5.02 Å². The van der Waals surface area contributed by atoms with Crippen molar-refractivity contribution in [3.05, 3.63) is 44.1 Å². The van der Waals surface area contributed by atoms with E-state index < -0.39 is 4.92 Å². The molecule has 0 aliphatic heterocycles. The summed E-state index contributed by atoms with van der Waals surface area (Å²) >= 11 is 17.5. The third kappa shape index (κ3) is 2.36. The van der Waals surface area contributed by atoms with Crippen LogP contribution >= 0.6 is 34.8 Å². The van der Waals surface area contributed by atoms with Gasteiger partial charge in [0, 0.05) is 23.4 Å². The van der Waals surface area contributed by atoms with Gasteiger partial charge in [0.15, 0.2) is 5.52 Å². The molecule has 1 aromatic heterocycles. The van der Waals surface area contributed by atoms with Crippen LogP contribution in [-0.2, 0) is 6.42 Å². The van der Waals surface area contributed by atoms with Crippen molar-refractivity contribution in [2.45, 2.75) is 6.42 Å². The number of aryl methyl sites for hydroxylation is 1. The molecule has 2 rings (SSSR count). The molecule has 1 heterocycles. The number of aromatic nitrogens is 1. The molecule has 2 aromatic rings. The van der Waals surface area contributed by atoms with Crippen LogP contribution in [0, 0.1) is 10.1 Å². The highest BCUT2D eigenvalue weighted by Crippen LogP contribution is 2.36. The first-order valence-electron chi connectivity index (χ1n) is 5.02. The van der Waals surface area contributed by atoms with E-state index in [-0.39, 0.29) is 16.2 Å². The molecule has 0 amide bonds. The van der Waals surface area contributed by atoms with E-state index in [0.717, 1.165) is 0 Å². The van der Waals surface area contributed by atoms with Gasteiger partial charge in [-0.3, -0.25) is 10.1 Å². The number of fused-ring (bicyclic) bond motifs is 1. The number of nitro groups is 1. The van der Waals surface area contributed by atoms with E-state index in [2.05, 4.69) is 4.98 Å². The molecular weight excluding hydrogens is 298 g/mol. The quantitative estimate of drug-likeness (QED) is 0.484. The van der Waals surface area contributed by atoms with Crippen molar-refractivity contribution in [2.75, 3.05) is 5.88 Å². The molecular formula is C11H7Cl3N2O2. The highest BCUT2D eigenvalue weighted by molar-refractivity contribution is 6.40. The summed E-state index contributed by atoms with van der Waals surface area (Å²) in [4.78, 5) is 14.7. The molecule has 4 nitrogen and oxygen atoms in total. The monoisotopic (exact) mass is 304 g/mol. The van der Waals surface area contributed by atoms with Crippen molar-refractivity contribution in [1.29, 1.82) is 0 Å². The lowest BCUT2D eigenvalue weighted by Crippen LogP contribution is -1.97. The van der Waals surface area contributed by atoms with E-state index in [1.165, 1.54) is 6.07 Å². The Morgan fingerprint density at radius 3 is 2.61 bits per heavy atom. The standard InChI is InChI=1S/C11H7Cl3N2O2/c12-4-3-6-1-2-7-8(13)5-9(14)11(16(17)18)10(7)15-6/h1-2,5H,3-4H2. The minimum absolute atomic E-state index is 0.0203. The Labute approximate surface area is 118 Å². The first-order chi connectivity index (χ1) is 8.54. The van der Waals surface area contributed by atoms with Gasteiger partial charge in [-0.25, -0.2) is 4.98 Å². The molecule has 0 aliphatic carbocycles. The lowest BCUT2D eigenvalue weighted by Gasteiger charge is -2.05. The van der Waals surface area contributed by atoms with Crippen LogP contribution in [-0.4, -0.2) is 15.8 Å². The van der Waals surface area contributed by atoms with Gasteiger partial charge < -0.3 is 0 Å². The lowest BCUT2D eigenvalue weighted by atomic mass is 10.1. The minimum atomic E-state index is -0.557. The van der Waals surface area contributed by atoms with E-state index in [4.69, 9.17) is 34.8 Å². The molecule has 0 spiro atoms. The second-order valence-corrected chi connectivity index (χ2v) is 4.78. The van der Waals surface area contributed by atoms with E-state index >= 15 is 0 Å². The maximum atomic E-state index is 11.0. The molecule has 0 atom stereocenters.